The van der Waals surface area contributed by atoms with Crippen LogP contribution in [-0.2, 0) is 10.3 Å². The van der Waals surface area contributed by atoms with Gasteiger partial charge in [0.05, 0.1) is 12.6 Å². The van der Waals surface area contributed by atoms with E-state index in [-0.39, 0.29) is 11.3 Å². The Bertz CT molecular complexity index is 569. The lowest BCUT2D eigenvalue weighted by molar-refractivity contribution is -0.123. The molecule has 0 saturated carbocycles. The number of benzene rings is 1. The maximum atomic E-state index is 12.1. The molecule has 1 atom stereocenters. The monoisotopic (exact) mass is 285 g/mol. The van der Waals surface area contributed by atoms with E-state index < -0.39 is 5.54 Å². The molecule has 2 rings (SSSR count). The molecule has 1 aliphatic carbocycles. The Balaban J connectivity index is 2.52. The van der Waals surface area contributed by atoms with E-state index in [0.29, 0.717) is 6.42 Å². The van der Waals surface area contributed by atoms with E-state index in [2.05, 4.69) is 31.3 Å². The van der Waals surface area contributed by atoms with Gasteiger partial charge in [-0.2, -0.15) is 0 Å². The molecule has 0 aromatic heterocycles. The average Bonchev–Trinajstić information content (AvgIpc) is 2.49. The highest BCUT2D eigenvalue weighted by Crippen LogP contribution is 2.44. The van der Waals surface area contributed by atoms with Gasteiger partial charge in [0.2, 0.25) is 5.91 Å². The van der Waals surface area contributed by atoms with Gasteiger partial charge in [-0.05, 0) is 17.7 Å². The van der Waals surface area contributed by atoms with Gasteiger partial charge in [0, 0.05) is 11.8 Å². The molecule has 0 spiro atoms. The van der Waals surface area contributed by atoms with Gasteiger partial charge in [-0.1, -0.05) is 57.2 Å². The average molecular weight is 285 g/mol. The molecule has 0 aliphatic heterocycles. The second-order valence-electron chi connectivity index (χ2n) is 5.88. The number of hydrogen-bond acceptors (Lipinski definition) is 2. The molecular weight excluding hydrogens is 262 g/mol. The van der Waals surface area contributed by atoms with Crippen molar-refractivity contribution in [2.75, 3.05) is 7.11 Å². The molecule has 1 aromatic rings. The molecule has 0 bridgehead atoms. The predicted molar refractivity (Wildman–Crippen MR) is 85.2 cm³/mol. The third-order valence-electron chi connectivity index (χ3n) is 4.19. The van der Waals surface area contributed by atoms with Crippen molar-refractivity contribution in [2.45, 2.75) is 32.7 Å². The molecule has 1 aromatic carbocycles. The summed E-state index contributed by atoms with van der Waals surface area (Å²) in [5.74, 6) is 0.850. The van der Waals surface area contributed by atoms with Gasteiger partial charge in [0.15, 0.2) is 0 Å². The smallest absolute Gasteiger partial charge is 0.220 e. The Morgan fingerprint density at radius 2 is 1.76 bits per heavy atom. The predicted octanol–water partition coefficient (Wildman–Crippen LogP) is 3.57. The molecule has 1 N–H and O–H groups in total. The van der Waals surface area contributed by atoms with E-state index in [4.69, 9.17) is 4.74 Å². The van der Waals surface area contributed by atoms with Crippen LogP contribution in [0.5, 0.6) is 5.75 Å². The first kappa shape index (κ1) is 15.4. The number of hydrogen-bond donors (Lipinski definition) is 1. The van der Waals surface area contributed by atoms with Gasteiger partial charge in [0.25, 0.3) is 0 Å². The second kappa shape index (κ2) is 5.76. The van der Waals surface area contributed by atoms with Crippen LogP contribution in [0.25, 0.3) is 0 Å². The number of ether oxygens (including phenoxy) is 1. The van der Waals surface area contributed by atoms with Gasteiger partial charge in [-0.15, -0.1) is 0 Å². The van der Waals surface area contributed by atoms with Crippen LogP contribution in [0.2, 0.25) is 0 Å². The van der Waals surface area contributed by atoms with Crippen molar-refractivity contribution < 1.29 is 9.53 Å². The summed E-state index contributed by atoms with van der Waals surface area (Å²) in [4.78, 5) is 12.1. The van der Waals surface area contributed by atoms with Crippen molar-refractivity contribution in [3.63, 3.8) is 0 Å². The highest BCUT2D eigenvalue weighted by atomic mass is 16.5. The molecule has 0 fully saturated rings. The minimum absolute atomic E-state index is 0.0406. The molecule has 0 radical (unpaired) electrons. The molecule has 1 unspecified atom stereocenters. The Morgan fingerprint density at radius 3 is 2.29 bits per heavy atom. The summed E-state index contributed by atoms with van der Waals surface area (Å²) in [7, 11) is 1.65. The fourth-order valence-corrected chi connectivity index (χ4v) is 2.75. The highest BCUT2D eigenvalue weighted by Gasteiger charge is 2.44. The van der Waals surface area contributed by atoms with E-state index in [0.717, 1.165) is 11.3 Å². The minimum atomic E-state index is -0.541. The van der Waals surface area contributed by atoms with Gasteiger partial charge in [-0.25, -0.2) is 0 Å². The molecule has 0 saturated heterocycles. The topological polar surface area (TPSA) is 38.3 Å². The first-order valence-electron chi connectivity index (χ1n) is 7.28. The lowest BCUT2D eigenvalue weighted by Gasteiger charge is -2.45. The number of amides is 1. The molecule has 21 heavy (non-hydrogen) atoms. The Kier molecular flexibility index (Phi) is 4.21. The number of nitrogens with one attached hydrogen (secondary N) is 1. The van der Waals surface area contributed by atoms with E-state index in [1.807, 2.05) is 43.3 Å². The fourth-order valence-electron chi connectivity index (χ4n) is 2.75. The zero-order valence-corrected chi connectivity index (χ0v) is 13.1. The summed E-state index contributed by atoms with van der Waals surface area (Å²) in [5.41, 5.74) is 0.290. The lowest BCUT2D eigenvalue weighted by Crippen LogP contribution is -2.54. The van der Waals surface area contributed by atoms with Crippen LogP contribution < -0.4 is 10.1 Å². The zero-order valence-electron chi connectivity index (χ0n) is 13.1. The van der Waals surface area contributed by atoms with Crippen LogP contribution in [-0.4, -0.2) is 13.0 Å². The third-order valence-corrected chi connectivity index (χ3v) is 4.19. The lowest BCUT2D eigenvalue weighted by atomic mass is 9.66. The molecule has 1 aliphatic rings. The first-order valence-corrected chi connectivity index (χ1v) is 7.28. The van der Waals surface area contributed by atoms with Crippen LogP contribution in [0.15, 0.2) is 48.6 Å². The van der Waals surface area contributed by atoms with Crippen molar-refractivity contribution in [3.8, 4) is 5.75 Å². The van der Waals surface area contributed by atoms with Crippen molar-refractivity contribution in [3.05, 3.63) is 54.1 Å². The molecule has 0 heterocycles. The van der Waals surface area contributed by atoms with Crippen LogP contribution in [0.3, 0.4) is 0 Å². The highest BCUT2D eigenvalue weighted by molar-refractivity contribution is 5.77. The third kappa shape index (κ3) is 2.73. The summed E-state index contributed by atoms with van der Waals surface area (Å²) in [6.45, 7) is 6.13. The van der Waals surface area contributed by atoms with Crippen molar-refractivity contribution in [2.24, 2.45) is 5.41 Å². The number of carbonyl (C=O) groups excluding carboxylic acids is 1. The van der Waals surface area contributed by atoms with Crippen LogP contribution >= 0.6 is 0 Å². The van der Waals surface area contributed by atoms with Crippen LogP contribution in [0.4, 0.5) is 0 Å². The molecular formula is C18H23NO2. The number of carbonyl (C=O) groups is 1. The fraction of sp³-hybridized carbons (Fsp3) is 0.389. The maximum absolute atomic E-state index is 12.1. The van der Waals surface area contributed by atoms with Crippen molar-refractivity contribution >= 4 is 5.91 Å². The normalized spacial score (nSPS) is 22.9. The van der Waals surface area contributed by atoms with Gasteiger partial charge < -0.3 is 10.1 Å². The second-order valence-corrected chi connectivity index (χ2v) is 5.88. The van der Waals surface area contributed by atoms with Crippen LogP contribution in [0.1, 0.15) is 32.8 Å². The number of rotatable bonds is 4. The summed E-state index contributed by atoms with van der Waals surface area (Å²) >= 11 is 0. The van der Waals surface area contributed by atoms with E-state index >= 15 is 0 Å². The molecule has 3 nitrogen and oxygen atoms in total. The SMILES string of the molecule is CCC(=O)NC1(c2ccc(OC)cc2)C=CC=CC1(C)C. The van der Waals surface area contributed by atoms with E-state index in [1.165, 1.54) is 0 Å². The van der Waals surface area contributed by atoms with Crippen molar-refractivity contribution in [1.29, 1.82) is 0 Å². The summed E-state index contributed by atoms with van der Waals surface area (Å²) in [6.07, 6.45) is 8.69. The number of allylic oxidation sites excluding steroid dienone is 2. The Morgan fingerprint density at radius 1 is 1.14 bits per heavy atom. The Labute approximate surface area is 126 Å². The molecule has 3 heteroatoms. The quantitative estimate of drug-likeness (QED) is 0.918. The summed E-state index contributed by atoms with van der Waals surface area (Å²) in [6, 6.07) is 7.88. The minimum Gasteiger partial charge on any atom is -0.497 e. The standard InChI is InChI=1S/C18H23NO2/c1-5-16(20)19-18(13-7-6-12-17(18,2)3)14-8-10-15(21-4)11-9-14/h6-13H,5H2,1-4H3,(H,19,20). The van der Waals surface area contributed by atoms with Crippen molar-refractivity contribution in [1.82, 2.24) is 5.32 Å². The number of methoxy groups -OCH3 is 1. The molecule has 112 valence electrons. The zero-order chi connectivity index (χ0) is 15.5. The summed E-state index contributed by atoms with van der Waals surface area (Å²) in [5, 5.41) is 3.21. The van der Waals surface area contributed by atoms with Gasteiger partial charge in [-0.3, -0.25) is 4.79 Å². The van der Waals surface area contributed by atoms with E-state index in [9.17, 15) is 4.79 Å². The van der Waals surface area contributed by atoms with Crippen LogP contribution in [0, 0.1) is 5.41 Å². The maximum Gasteiger partial charge on any atom is 0.220 e. The largest absolute Gasteiger partial charge is 0.497 e. The summed E-state index contributed by atoms with van der Waals surface area (Å²) < 4.78 is 5.22. The first-order chi connectivity index (χ1) is 9.95. The van der Waals surface area contributed by atoms with Gasteiger partial charge >= 0.3 is 0 Å². The molecule has 1 amide bonds. The Hall–Kier alpha value is -2.03. The van der Waals surface area contributed by atoms with E-state index in [1.54, 1.807) is 7.11 Å². The van der Waals surface area contributed by atoms with Gasteiger partial charge in [0.1, 0.15) is 5.75 Å².